The number of piperidine rings is 1. The summed E-state index contributed by atoms with van der Waals surface area (Å²) < 4.78 is 8.22. The minimum absolute atomic E-state index is 0.426. The van der Waals surface area contributed by atoms with Gasteiger partial charge in [0.1, 0.15) is 27.9 Å². The van der Waals surface area contributed by atoms with Crippen LogP contribution in [0.5, 0.6) is 11.5 Å². The molecule has 2 aliphatic rings. The normalized spacial score (nSPS) is 21.7. The van der Waals surface area contributed by atoms with Gasteiger partial charge in [-0.15, -0.1) is 0 Å². The van der Waals surface area contributed by atoms with E-state index >= 15 is 0 Å². The average Bonchev–Trinajstić information content (AvgIpc) is 3.58. The molecule has 3 aromatic heterocycles. The first-order valence-electron chi connectivity index (χ1n) is 12.0. The molecule has 0 spiro atoms. The number of benzene rings is 2. The molecule has 176 valence electrons. The monoisotopic (exact) mass is 485 g/mol. The molecular weight excluding hydrogens is 462 g/mol. The fraction of sp³-hybridized carbons (Fsp3) is 0.308. The van der Waals surface area contributed by atoms with E-state index in [2.05, 4.69) is 36.2 Å². The first-order chi connectivity index (χ1) is 17.1. The predicted molar refractivity (Wildman–Crippen MR) is 135 cm³/mol. The van der Waals surface area contributed by atoms with Gasteiger partial charge in [-0.05, 0) is 56.9 Å². The van der Waals surface area contributed by atoms with Gasteiger partial charge in [-0.25, -0.2) is 9.97 Å². The van der Waals surface area contributed by atoms with Gasteiger partial charge in [-0.2, -0.15) is 5.10 Å². The molecule has 9 heteroatoms. The van der Waals surface area contributed by atoms with Gasteiger partial charge in [0.2, 0.25) is 0 Å². The lowest BCUT2D eigenvalue weighted by Gasteiger charge is -2.29. The Morgan fingerprint density at radius 2 is 1.86 bits per heavy atom. The number of hydrogen-bond donors (Lipinski definition) is 2. The predicted octanol–water partition coefficient (Wildman–Crippen LogP) is 5.58. The lowest BCUT2D eigenvalue weighted by molar-refractivity contribution is 0.281. The minimum Gasteiger partial charge on any atom is -0.456 e. The minimum atomic E-state index is 0.426. The zero-order chi connectivity index (χ0) is 23.5. The number of hydrogen-bond acceptors (Lipinski definition) is 6. The SMILES string of the molecule is Cc1nc2ccc(Oc3ccc4ncc(-c5cnn([C@@H]6C[C@H]7CC[C@@H](C6)N7)c5)nc4c3Cl)cc2[nH]1. The fourth-order valence-corrected chi connectivity index (χ4v) is 5.70. The Morgan fingerprint density at radius 3 is 2.71 bits per heavy atom. The van der Waals surface area contributed by atoms with E-state index in [9.17, 15) is 0 Å². The molecule has 0 aliphatic carbocycles. The van der Waals surface area contributed by atoms with E-state index in [4.69, 9.17) is 21.3 Å². The molecule has 0 saturated carbocycles. The molecular formula is C26H24ClN7O. The highest BCUT2D eigenvalue weighted by molar-refractivity contribution is 6.36. The van der Waals surface area contributed by atoms with Gasteiger partial charge < -0.3 is 15.0 Å². The summed E-state index contributed by atoms with van der Waals surface area (Å²) in [6.45, 7) is 1.93. The maximum atomic E-state index is 6.76. The van der Waals surface area contributed by atoms with E-state index in [1.165, 1.54) is 12.8 Å². The summed E-state index contributed by atoms with van der Waals surface area (Å²) in [6.07, 6.45) is 10.5. The first kappa shape index (κ1) is 20.8. The maximum absolute atomic E-state index is 6.76. The van der Waals surface area contributed by atoms with E-state index in [0.29, 0.717) is 45.7 Å². The van der Waals surface area contributed by atoms with Gasteiger partial charge in [0.15, 0.2) is 0 Å². The molecule has 8 nitrogen and oxygen atoms in total. The van der Waals surface area contributed by atoms with E-state index in [1.54, 1.807) is 6.20 Å². The number of rotatable bonds is 4. The number of nitrogens with zero attached hydrogens (tertiary/aromatic N) is 5. The summed E-state index contributed by atoms with van der Waals surface area (Å²) in [6, 6.07) is 11.1. The first-order valence-corrected chi connectivity index (χ1v) is 12.4. The molecule has 5 heterocycles. The highest BCUT2D eigenvalue weighted by Gasteiger charge is 2.34. The Hall–Kier alpha value is -3.49. The summed E-state index contributed by atoms with van der Waals surface area (Å²) in [5.41, 5.74) is 4.81. The van der Waals surface area contributed by atoms with Gasteiger partial charge in [-0.3, -0.25) is 9.67 Å². The van der Waals surface area contributed by atoms with Crippen LogP contribution in [0.4, 0.5) is 0 Å². The lowest BCUT2D eigenvalue weighted by atomic mass is 10.0. The van der Waals surface area contributed by atoms with Crippen molar-refractivity contribution < 1.29 is 4.74 Å². The van der Waals surface area contributed by atoms with Crippen LogP contribution in [0.2, 0.25) is 5.02 Å². The molecule has 2 bridgehead atoms. The highest BCUT2D eigenvalue weighted by Crippen LogP contribution is 2.37. The highest BCUT2D eigenvalue weighted by atomic mass is 35.5. The van der Waals surface area contributed by atoms with E-state index < -0.39 is 0 Å². The summed E-state index contributed by atoms with van der Waals surface area (Å²) in [5, 5.41) is 8.79. The molecule has 2 aliphatic heterocycles. The van der Waals surface area contributed by atoms with Crippen molar-refractivity contribution in [1.29, 1.82) is 0 Å². The molecule has 2 N–H and O–H groups in total. The number of fused-ring (bicyclic) bond motifs is 4. The van der Waals surface area contributed by atoms with Crippen LogP contribution in [0.15, 0.2) is 48.9 Å². The number of H-pyrrole nitrogens is 1. The van der Waals surface area contributed by atoms with Crippen molar-refractivity contribution in [1.82, 2.24) is 35.0 Å². The van der Waals surface area contributed by atoms with Crippen LogP contribution >= 0.6 is 11.6 Å². The number of halogens is 1. The van der Waals surface area contributed by atoms with Crippen molar-refractivity contribution in [3.63, 3.8) is 0 Å². The molecule has 5 aromatic rings. The molecule has 0 unspecified atom stereocenters. The summed E-state index contributed by atoms with van der Waals surface area (Å²) in [7, 11) is 0. The average molecular weight is 486 g/mol. The van der Waals surface area contributed by atoms with Crippen molar-refractivity contribution in [3.8, 4) is 22.8 Å². The lowest BCUT2D eigenvalue weighted by Crippen LogP contribution is -2.38. The van der Waals surface area contributed by atoms with Crippen LogP contribution < -0.4 is 10.1 Å². The quantitative estimate of drug-likeness (QED) is 0.345. The third-order valence-electron chi connectivity index (χ3n) is 7.14. The Morgan fingerprint density at radius 1 is 1.03 bits per heavy atom. The Labute approximate surface area is 206 Å². The summed E-state index contributed by atoms with van der Waals surface area (Å²) in [5.74, 6) is 2.06. The standard InChI is InChI=1S/C26H24ClN7O/c1-14-30-20-5-4-19(10-22(20)31-14)35-24-7-6-21-26(25(24)27)33-23(12-28-21)15-11-29-34(13-15)18-8-16-2-3-17(9-18)32-16/h4-7,10-13,16-18,32H,2-3,8-9H2,1H3,(H,30,31)/t16-,17+,18-. The van der Waals surface area contributed by atoms with Crippen molar-refractivity contribution in [3.05, 3.63) is 59.8 Å². The summed E-state index contributed by atoms with van der Waals surface area (Å²) in [4.78, 5) is 17.1. The number of aromatic nitrogens is 6. The van der Waals surface area contributed by atoms with E-state index in [1.807, 2.05) is 43.5 Å². The topological polar surface area (TPSA) is 93.5 Å². The molecule has 7 rings (SSSR count). The number of ether oxygens (including phenoxy) is 1. The number of aryl methyl sites for hydroxylation is 1. The van der Waals surface area contributed by atoms with Crippen LogP contribution in [0.1, 0.15) is 37.5 Å². The van der Waals surface area contributed by atoms with Crippen molar-refractivity contribution >= 4 is 33.7 Å². The zero-order valence-corrected chi connectivity index (χ0v) is 20.0. The van der Waals surface area contributed by atoms with Crippen molar-refractivity contribution in [2.24, 2.45) is 0 Å². The Balaban J connectivity index is 1.19. The second-order valence-electron chi connectivity index (χ2n) is 9.58. The smallest absolute Gasteiger partial charge is 0.148 e. The van der Waals surface area contributed by atoms with Gasteiger partial charge in [-0.1, -0.05) is 11.6 Å². The molecule has 0 radical (unpaired) electrons. The molecule has 2 saturated heterocycles. The van der Waals surface area contributed by atoms with Gasteiger partial charge in [0.05, 0.1) is 40.7 Å². The van der Waals surface area contributed by atoms with Crippen LogP contribution in [-0.2, 0) is 0 Å². The zero-order valence-electron chi connectivity index (χ0n) is 19.2. The third-order valence-corrected chi connectivity index (χ3v) is 7.50. The molecule has 35 heavy (non-hydrogen) atoms. The van der Waals surface area contributed by atoms with E-state index in [0.717, 1.165) is 41.0 Å². The van der Waals surface area contributed by atoms with Crippen LogP contribution in [0, 0.1) is 6.92 Å². The maximum Gasteiger partial charge on any atom is 0.148 e. The number of aromatic amines is 1. The van der Waals surface area contributed by atoms with Crippen LogP contribution in [0.3, 0.4) is 0 Å². The molecule has 2 aromatic carbocycles. The van der Waals surface area contributed by atoms with Gasteiger partial charge >= 0.3 is 0 Å². The van der Waals surface area contributed by atoms with Gasteiger partial charge in [0, 0.05) is 29.9 Å². The van der Waals surface area contributed by atoms with Crippen LogP contribution in [-0.4, -0.2) is 41.8 Å². The molecule has 2 fully saturated rings. The number of nitrogens with one attached hydrogen (secondary N) is 2. The molecule has 0 amide bonds. The largest absolute Gasteiger partial charge is 0.456 e. The second kappa shape index (κ2) is 8.03. The van der Waals surface area contributed by atoms with Crippen molar-refractivity contribution in [2.75, 3.05) is 0 Å². The second-order valence-corrected chi connectivity index (χ2v) is 9.95. The van der Waals surface area contributed by atoms with Crippen LogP contribution in [0.25, 0.3) is 33.3 Å². The third kappa shape index (κ3) is 3.73. The number of imidazole rings is 1. The Kier molecular flexibility index (Phi) is 4.78. The Bertz CT molecular complexity index is 1560. The summed E-state index contributed by atoms with van der Waals surface area (Å²) >= 11 is 6.76. The van der Waals surface area contributed by atoms with E-state index in [-0.39, 0.29) is 0 Å². The molecule has 3 atom stereocenters. The van der Waals surface area contributed by atoms with Crippen molar-refractivity contribution in [2.45, 2.75) is 50.7 Å². The fourth-order valence-electron chi connectivity index (χ4n) is 5.46. The van der Waals surface area contributed by atoms with Gasteiger partial charge in [0.25, 0.3) is 0 Å².